The van der Waals surface area contributed by atoms with Crippen LogP contribution >= 0.6 is 0 Å². The lowest BCUT2D eigenvalue weighted by atomic mass is 10.1. The van der Waals surface area contributed by atoms with Gasteiger partial charge in [-0.1, -0.05) is 67.8 Å². The molecule has 2 aromatic rings. The van der Waals surface area contributed by atoms with Crippen molar-refractivity contribution in [3.8, 4) is 12.0 Å². The molecule has 2 aromatic carbocycles. The van der Waals surface area contributed by atoms with Crippen LogP contribution in [-0.4, -0.2) is 24.8 Å². The molecule has 0 radical (unpaired) electrons. The summed E-state index contributed by atoms with van der Waals surface area (Å²) in [7, 11) is -3.85. The summed E-state index contributed by atoms with van der Waals surface area (Å²) < 4.78 is 32.9. The zero-order valence-electron chi connectivity index (χ0n) is 17.8. The molecule has 0 saturated heterocycles. The third-order valence-corrected chi connectivity index (χ3v) is 6.17. The minimum atomic E-state index is -3.85. The monoisotopic (exact) mass is 427 g/mol. The molecule has 0 spiro atoms. The SMILES string of the molecule is CCCCCC(C#CN(Cc1ccccc1)S(=O)(=O)c1ccc(C)cc1)OC(C)=O. The highest BCUT2D eigenvalue weighted by molar-refractivity contribution is 7.89. The highest BCUT2D eigenvalue weighted by atomic mass is 32.2. The molecule has 6 heteroatoms. The molecule has 2 rings (SSSR count). The number of unbranched alkanes of at least 4 members (excludes halogenated alkanes) is 2. The van der Waals surface area contributed by atoms with Crippen molar-refractivity contribution in [2.75, 3.05) is 0 Å². The number of hydrogen-bond acceptors (Lipinski definition) is 4. The summed E-state index contributed by atoms with van der Waals surface area (Å²) in [5, 5.41) is 0. The average Bonchev–Trinajstić information content (AvgIpc) is 2.71. The number of sulfonamides is 1. The number of aryl methyl sites for hydroxylation is 1. The van der Waals surface area contributed by atoms with Gasteiger partial charge < -0.3 is 4.74 Å². The number of esters is 1. The Morgan fingerprint density at radius 1 is 1.07 bits per heavy atom. The molecule has 0 fully saturated rings. The standard InChI is InChI=1S/C24H29NO4S/c1-4-5-7-12-23(29-21(3)26)17-18-25(19-22-10-8-6-9-11-22)30(27,28)24-15-13-20(2)14-16-24/h6,8-11,13-16,23H,4-5,7,12,19H2,1-3H3. The van der Waals surface area contributed by atoms with Crippen LogP contribution < -0.4 is 0 Å². The Morgan fingerprint density at radius 2 is 1.73 bits per heavy atom. The molecular formula is C24H29NO4S. The van der Waals surface area contributed by atoms with Gasteiger partial charge in [-0.05, 0) is 43.4 Å². The largest absolute Gasteiger partial charge is 0.449 e. The normalized spacial score (nSPS) is 11.8. The van der Waals surface area contributed by atoms with Gasteiger partial charge in [-0.3, -0.25) is 4.79 Å². The first-order valence-electron chi connectivity index (χ1n) is 10.1. The lowest BCUT2D eigenvalue weighted by Gasteiger charge is -2.19. The summed E-state index contributed by atoms with van der Waals surface area (Å²) in [6.45, 7) is 5.42. The predicted molar refractivity (Wildman–Crippen MR) is 118 cm³/mol. The van der Waals surface area contributed by atoms with E-state index in [0.29, 0.717) is 6.42 Å². The van der Waals surface area contributed by atoms with E-state index < -0.39 is 22.1 Å². The number of benzene rings is 2. The van der Waals surface area contributed by atoms with E-state index in [1.165, 1.54) is 6.92 Å². The third kappa shape index (κ3) is 7.23. The summed E-state index contributed by atoms with van der Waals surface area (Å²) in [6, 6.07) is 18.7. The summed E-state index contributed by atoms with van der Waals surface area (Å²) in [5.41, 5.74) is 1.79. The lowest BCUT2D eigenvalue weighted by Crippen LogP contribution is -2.27. The van der Waals surface area contributed by atoms with Crippen LogP contribution in [0.1, 0.15) is 50.7 Å². The predicted octanol–water partition coefficient (Wildman–Crippen LogP) is 4.66. The molecular weight excluding hydrogens is 398 g/mol. The Kier molecular flexibility index (Phi) is 8.94. The highest BCUT2D eigenvalue weighted by Crippen LogP contribution is 2.19. The van der Waals surface area contributed by atoms with Crippen molar-refractivity contribution in [2.24, 2.45) is 0 Å². The molecule has 0 amide bonds. The summed E-state index contributed by atoms with van der Waals surface area (Å²) >= 11 is 0. The molecule has 0 aliphatic heterocycles. The summed E-state index contributed by atoms with van der Waals surface area (Å²) in [6.07, 6.45) is 2.81. The van der Waals surface area contributed by atoms with Gasteiger partial charge in [-0.2, -0.15) is 0 Å². The second-order valence-corrected chi connectivity index (χ2v) is 9.02. The molecule has 30 heavy (non-hydrogen) atoms. The molecule has 5 nitrogen and oxygen atoms in total. The van der Waals surface area contributed by atoms with Crippen LogP contribution in [0.2, 0.25) is 0 Å². The fraction of sp³-hybridized carbons (Fsp3) is 0.375. The van der Waals surface area contributed by atoms with Gasteiger partial charge in [-0.15, -0.1) is 0 Å². The van der Waals surface area contributed by atoms with Crippen LogP contribution in [-0.2, 0) is 26.1 Å². The van der Waals surface area contributed by atoms with Gasteiger partial charge in [0.1, 0.15) is 0 Å². The van der Waals surface area contributed by atoms with E-state index in [-0.39, 0.29) is 11.4 Å². The van der Waals surface area contributed by atoms with Crippen molar-refractivity contribution in [3.63, 3.8) is 0 Å². The molecule has 0 N–H and O–H groups in total. The number of rotatable bonds is 9. The van der Waals surface area contributed by atoms with E-state index in [9.17, 15) is 13.2 Å². The lowest BCUT2D eigenvalue weighted by molar-refractivity contribution is -0.144. The van der Waals surface area contributed by atoms with E-state index in [1.54, 1.807) is 24.3 Å². The van der Waals surface area contributed by atoms with E-state index in [4.69, 9.17) is 4.74 Å². The van der Waals surface area contributed by atoms with Crippen molar-refractivity contribution in [2.45, 2.75) is 64.0 Å². The van der Waals surface area contributed by atoms with Crippen molar-refractivity contribution in [1.29, 1.82) is 0 Å². The van der Waals surface area contributed by atoms with Crippen LogP contribution in [0.3, 0.4) is 0 Å². The van der Waals surface area contributed by atoms with Crippen LogP contribution in [0.5, 0.6) is 0 Å². The third-order valence-electron chi connectivity index (χ3n) is 4.51. The van der Waals surface area contributed by atoms with E-state index >= 15 is 0 Å². The molecule has 0 aliphatic carbocycles. The van der Waals surface area contributed by atoms with Crippen molar-refractivity contribution in [1.82, 2.24) is 4.31 Å². The van der Waals surface area contributed by atoms with Gasteiger partial charge in [0, 0.05) is 13.0 Å². The summed E-state index contributed by atoms with van der Waals surface area (Å²) in [4.78, 5) is 11.6. The maximum absolute atomic E-state index is 13.3. The molecule has 160 valence electrons. The zero-order valence-corrected chi connectivity index (χ0v) is 18.6. The number of hydrogen-bond donors (Lipinski definition) is 0. The second-order valence-electron chi connectivity index (χ2n) is 7.16. The van der Waals surface area contributed by atoms with Gasteiger partial charge >= 0.3 is 5.97 Å². The van der Waals surface area contributed by atoms with Gasteiger partial charge in [0.2, 0.25) is 0 Å². The number of carbonyl (C=O) groups excluding carboxylic acids is 1. The van der Waals surface area contributed by atoms with E-state index in [1.807, 2.05) is 37.3 Å². The molecule has 0 saturated carbocycles. The maximum atomic E-state index is 13.3. The summed E-state index contributed by atoms with van der Waals surface area (Å²) in [5.74, 6) is 2.44. The van der Waals surface area contributed by atoms with Gasteiger partial charge in [0.25, 0.3) is 10.0 Å². The second kappa shape index (κ2) is 11.4. The van der Waals surface area contributed by atoms with Crippen LogP contribution in [0, 0.1) is 18.9 Å². The fourth-order valence-corrected chi connectivity index (χ4v) is 4.08. The Morgan fingerprint density at radius 3 is 2.33 bits per heavy atom. The van der Waals surface area contributed by atoms with Crippen LogP contribution in [0.15, 0.2) is 59.5 Å². The van der Waals surface area contributed by atoms with Gasteiger partial charge in [0.15, 0.2) is 6.10 Å². The number of nitrogens with zero attached hydrogens (tertiary/aromatic N) is 1. The fourth-order valence-electron chi connectivity index (χ4n) is 2.86. The molecule has 0 heterocycles. The number of carbonyl (C=O) groups is 1. The average molecular weight is 428 g/mol. The topological polar surface area (TPSA) is 63.7 Å². The van der Waals surface area contributed by atoms with Gasteiger partial charge in [0.05, 0.1) is 11.4 Å². The smallest absolute Gasteiger partial charge is 0.303 e. The Labute approximate surface area is 180 Å². The molecule has 0 aliphatic rings. The number of ether oxygens (including phenoxy) is 1. The van der Waals surface area contributed by atoms with Gasteiger partial charge in [-0.25, -0.2) is 12.7 Å². The van der Waals surface area contributed by atoms with Crippen molar-refractivity contribution in [3.05, 3.63) is 65.7 Å². The Bertz CT molecular complexity index is 973. The van der Waals surface area contributed by atoms with E-state index in [2.05, 4.69) is 18.9 Å². The minimum Gasteiger partial charge on any atom is -0.449 e. The van der Waals surface area contributed by atoms with Crippen molar-refractivity contribution >= 4 is 16.0 Å². The van der Waals surface area contributed by atoms with Crippen LogP contribution in [0.25, 0.3) is 0 Å². The van der Waals surface area contributed by atoms with Crippen molar-refractivity contribution < 1.29 is 17.9 Å². The maximum Gasteiger partial charge on any atom is 0.303 e. The van der Waals surface area contributed by atoms with Crippen LogP contribution in [0.4, 0.5) is 0 Å². The molecule has 0 aromatic heterocycles. The minimum absolute atomic E-state index is 0.103. The van der Waals surface area contributed by atoms with E-state index in [0.717, 1.165) is 34.7 Å². The Balaban J connectivity index is 2.36. The first kappa shape index (κ1) is 23.5. The first-order valence-corrected chi connectivity index (χ1v) is 11.6. The molecule has 1 unspecified atom stereocenters. The first-order chi connectivity index (χ1) is 14.3. The zero-order chi connectivity index (χ0) is 22.0. The highest BCUT2D eigenvalue weighted by Gasteiger charge is 2.23. The quantitative estimate of drug-likeness (QED) is 0.253. The molecule has 0 bridgehead atoms. The molecule has 1 atom stereocenters. The Hall–Kier alpha value is -2.78.